The molecule has 1 aromatic carbocycles. The van der Waals surface area contributed by atoms with E-state index in [4.69, 9.17) is 0 Å². The Morgan fingerprint density at radius 1 is 1.25 bits per heavy atom. The number of rotatable bonds is 6. The molecule has 0 atom stereocenters. The van der Waals surface area contributed by atoms with Crippen LogP contribution in [0.15, 0.2) is 40.0 Å². The second-order valence-corrected chi connectivity index (χ2v) is 7.57. The molecule has 3 aromatic rings. The minimum Gasteiger partial charge on any atom is -0.296 e. The molecule has 2 aromatic heterocycles. The zero-order valence-electron chi connectivity index (χ0n) is 14.0. The Labute approximate surface area is 149 Å². The van der Waals surface area contributed by atoms with Crippen molar-refractivity contribution >= 4 is 28.1 Å². The average Bonchev–Trinajstić information content (AvgIpc) is 2.99. The summed E-state index contributed by atoms with van der Waals surface area (Å²) in [5, 5.41) is 5.21. The van der Waals surface area contributed by atoms with Gasteiger partial charge in [0.15, 0.2) is 0 Å². The normalized spacial score (nSPS) is 11.5. The second-order valence-electron chi connectivity index (χ2n) is 5.65. The van der Waals surface area contributed by atoms with E-state index in [0.29, 0.717) is 11.5 Å². The van der Waals surface area contributed by atoms with Crippen LogP contribution in [0.4, 0.5) is 0 Å². The first-order valence-corrected chi connectivity index (χ1v) is 9.83. The van der Waals surface area contributed by atoms with Gasteiger partial charge in [-0.2, -0.15) is 9.61 Å². The van der Waals surface area contributed by atoms with Crippen LogP contribution in [0.25, 0.3) is 4.96 Å². The molecular formula is C17H20N4OS2. The van der Waals surface area contributed by atoms with Crippen molar-refractivity contribution in [3.05, 3.63) is 57.0 Å². The highest BCUT2D eigenvalue weighted by Gasteiger charge is 2.10. The van der Waals surface area contributed by atoms with Crippen molar-refractivity contribution in [1.29, 1.82) is 0 Å². The van der Waals surface area contributed by atoms with Crippen LogP contribution < -0.4 is 5.56 Å². The van der Waals surface area contributed by atoms with Gasteiger partial charge >= 0.3 is 0 Å². The second kappa shape index (κ2) is 7.46. The first-order chi connectivity index (χ1) is 11.6. The highest BCUT2D eigenvalue weighted by molar-refractivity contribution is 7.98. The number of benzene rings is 1. The number of thioether (sulfide) groups is 1. The van der Waals surface area contributed by atoms with E-state index in [2.05, 4.69) is 45.5 Å². The van der Waals surface area contributed by atoms with Crippen LogP contribution in [-0.4, -0.2) is 32.8 Å². The van der Waals surface area contributed by atoms with Crippen molar-refractivity contribution in [1.82, 2.24) is 19.5 Å². The molecule has 24 heavy (non-hydrogen) atoms. The van der Waals surface area contributed by atoms with Crippen molar-refractivity contribution in [2.24, 2.45) is 0 Å². The van der Waals surface area contributed by atoms with Gasteiger partial charge in [-0.25, -0.2) is 4.98 Å². The van der Waals surface area contributed by atoms with Crippen molar-refractivity contribution in [2.45, 2.75) is 31.3 Å². The third-order valence-corrected chi connectivity index (χ3v) is 5.48. The van der Waals surface area contributed by atoms with E-state index in [0.717, 1.165) is 23.7 Å². The van der Waals surface area contributed by atoms with E-state index in [1.54, 1.807) is 17.8 Å². The van der Waals surface area contributed by atoms with Crippen LogP contribution in [-0.2, 0) is 19.5 Å². The van der Waals surface area contributed by atoms with Gasteiger partial charge in [-0.05, 0) is 37.4 Å². The summed E-state index contributed by atoms with van der Waals surface area (Å²) in [7, 11) is 2.04. The SMILES string of the molecule is CCc1nn2c(=O)cc(CN(C)Cc3ccc(SC)cc3)nc2s1. The van der Waals surface area contributed by atoms with Crippen LogP contribution in [0.2, 0.25) is 0 Å². The highest BCUT2D eigenvalue weighted by atomic mass is 32.2. The molecule has 0 aliphatic rings. The quantitative estimate of drug-likeness (QED) is 0.632. The van der Waals surface area contributed by atoms with Gasteiger partial charge < -0.3 is 0 Å². The van der Waals surface area contributed by atoms with Crippen molar-refractivity contribution in [3.63, 3.8) is 0 Å². The summed E-state index contributed by atoms with van der Waals surface area (Å²) in [4.78, 5) is 20.9. The molecule has 5 nitrogen and oxygen atoms in total. The lowest BCUT2D eigenvalue weighted by Crippen LogP contribution is -2.21. The molecule has 126 valence electrons. The van der Waals surface area contributed by atoms with Gasteiger partial charge in [0.25, 0.3) is 5.56 Å². The first kappa shape index (κ1) is 17.1. The Morgan fingerprint density at radius 3 is 2.67 bits per heavy atom. The Bertz CT molecular complexity index is 886. The van der Waals surface area contributed by atoms with Crippen molar-refractivity contribution in [2.75, 3.05) is 13.3 Å². The Kier molecular flexibility index (Phi) is 5.33. The van der Waals surface area contributed by atoms with E-state index in [9.17, 15) is 4.79 Å². The van der Waals surface area contributed by atoms with Gasteiger partial charge in [-0.15, -0.1) is 11.8 Å². The van der Waals surface area contributed by atoms with E-state index in [1.807, 2.05) is 14.0 Å². The number of fused-ring (bicyclic) bond motifs is 1. The summed E-state index contributed by atoms with van der Waals surface area (Å²) in [6.07, 6.45) is 2.89. The predicted molar refractivity (Wildman–Crippen MR) is 99.9 cm³/mol. The largest absolute Gasteiger partial charge is 0.296 e. The monoisotopic (exact) mass is 360 g/mol. The minimum atomic E-state index is -0.108. The fraction of sp³-hybridized carbons (Fsp3) is 0.353. The molecule has 7 heteroatoms. The summed E-state index contributed by atoms with van der Waals surface area (Å²) in [5.41, 5.74) is 1.93. The summed E-state index contributed by atoms with van der Waals surface area (Å²) >= 11 is 3.22. The van der Waals surface area contributed by atoms with Crippen LogP contribution in [0.5, 0.6) is 0 Å². The minimum absolute atomic E-state index is 0.108. The third kappa shape index (κ3) is 3.85. The zero-order valence-corrected chi connectivity index (χ0v) is 15.7. The summed E-state index contributed by atoms with van der Waals surface area (Å²) in [6.45, 7) is 3.48. The highest BCUT2D eigenvalue weighted by Crippen LogP contribution is 2.16. The maximum Gasteiger partial charge on any atom is 0.275 e. The molecule has 0 bridgehead atoms. The molecule has 0 fully saturated rings. The Balaban J connectivity index is 1.74. The maximum atomic E-state index is 12.2. The molecule has 0 saturated carbocycles. The number of hydrogen-bond donors (Lipinski definition) is 0. The smallest absolute Gasteiger partial charge is 0.275 e. The standard InChI is InChI=1S/C17H20N4OS2/c1-4-15-19-21-16(22)9-13(18-17(21)24-15)11-20(2)10-12-5-7-14(23-3)8-6-12/h5-9H,4,10-11H2,1-3H3. The number of hydrogen-bond acceptors (Lipinski definition) is 6. The molecule has 0 spiro atoms. The number of aryl methyl sites for hydroxylation is 1. The summed E-state index contributed by atoms with van der Waals surface area (Å²) in [5.74, 6) is 0. The van der Waals surface area contributed by atoms with Crippen molar-refractivity contribution in [3.8, 4) is 0 Å². The molecule has 3 rings (SSSR count). The lowest BCUT2D eigenvalue weighted by molar-refractivity contribution is 0.315. The lowest BCUT2D eigenvalue weighted by Gasteiger charge is -2.16. The fourth-order valence-electron chi connectivity index (χ4n) is 2.49. The molecule has 0 aliphatic heterocycles. The van der Waals surface area contributed by atoms with Gasteiger partial charge in [0.2, 0.25) is 4.96 Å². The van der Waals surface area contributed by atoms with Crippen LogP contribution >= 0.6 is 23.1 Å². The Hall–Kier alpha value is -1.70. The molecule has 0 unspecified atom stereocenters. The zero-order chi connectivity index (χ0) is 17.1. The van der Waals surface area contributed by atoms with Crippen LogP contribution in [0, 0.1) is 0 Å². The van der Waals surface area contributed by atoms with E-state index in [-0.39, 0.29) is 5.56 Å². The maximum absolute atomic E-state index is 12.2. The summed E-state index contributed by atoms with van der Waals surface area (Å²) < 4.78 is 1.40. The van der Waals surface area contributed by atoms with E-state index in [1.165, 1.54) is 26.3 Å². The van der Waals surface area contributed by atoms with Gasteiger partial charge in [-0.3, -0.25) is 9.69 Å². The number of aromatic nitrogens is 3. The molecular weight excluding hydrogens is 340 g/mol. The topological polar surface area (TPSA) is 50.5 Å². The number of nitrogens with zero attached hydrogens (tertiary/aromatic N) is 4. The third-order valence-electron chi connectivity index (χ3n) is 3.69. The van der Waals surface area contributed by atoms with Crippen LogP contribution in [0.3, 0.4) is 0 Å². The molecule has 0 aliphatic carbocycles. The van der Waals surface area contributed by atoms with Crippen LogP contribution in [0.1, 0.15) is 23.2 Å². The van der Waals surface area contributed by atoms with E-state index >= 15 is 0 Å². The molecule has 0 saturated heterocycles. The summed E-state index contributed by atoms with van der Waals surface area (Å²) in [6, 6.07) is 10.1. The van der Waals surface area contributed by atoms with E-state index < -0.39 is 0 Å². The van der Waals surface area contributed by atoms with Gasteiger partial charge in [0, 0.05) is 24.1 Å². The van der Waals surface area contributed by atoms with Gasteiger partial charge in [-0.1, -0.05) is 30.4 Å². The molecule has 0 N–H and O–H groups in total. The molecule has 0 radical (unpaired) electrons. The average molecular weight is 361 g/mol. The Morgan fingerprint density at radius 2 is 2.00 bits per heavy atom. The first-order valence-electron chi connectivity index (χ1n) is 7.79. The van der Waals surface area contributed by atoms with Crippen molar-refractivity contribution < 1.29 is 0 Å². The fourth-order valence-corrected chi connectivity index (χ4v) is 3.76. The lowest BCUT2D eigenvalue weighted by atomic mass is 10.2. The van der Waals surface area contributed by atoms with Gasteiger partial charge in [0.1, 0.15) is 5.01 Å². The molecule has 0 amide bonds. The van der Waals surface area contributed by atoms with Gasteiger partial charge in [0.05, 0.1) is 5.69 Å². The molecule has 2 heterocycles. The predicted octanol–water partition coefficient (Wildman–Crippen LogP) is 3.07.